The van der Waals surface area contributed by atoms with E-state index >= 15 is 0 Å². The molecule has 0 fully saturated rings. The number of benzene rings is 4. The molecule has 0 bridgehead atoms. The minimum atomic E-state index is -0.624. The molecule has 0 aliphatic rings. The lowest BCUT2D eigenvalue weighted by Gasteiger charge is -2.10. The second-order valence-corrected chi connectivity index (χ2v) is 9.66. The molecule has 0 aliphatic heterocycles. The van der Waals surface area contributed by atoms with Crippen LogP contribution in [0.2, 0.25) is 0 Å². The van der Waals surface area contributed by atoms with Crippen molar-refractivity contribution >= 4 is 34.6 Å². The molecule has 0 aliphatic carbocycles. The van der Waals surface area contributed by atoms with Crippen molar-refractivity contribution in [3.63, 3.8) is 0 Å². The van der Waals surface area contributed by atoms with Gasteiger partial charge in [0.05, 0.1) is 0 Å². The van der Waals surface area contributed by atoms with Crippen LogP contribution in [-0.2, 0) is 26.2 Å². The maximum absolute atomic E-state index is 12.7. The number of nitrogens with one attached hydrogen (secondary N) is 3. The monoisotopic (exact) mass is 568 g/mol. The average molecular weight is 569 g/mol. The largest absolute Gasteiger partial charge is 0.348 e. The van der Waals surface area contributed by atoms with Crippen LogP contribution in [0.1, 0.15) is 63.7 Å². The number of nitrogens with two attached hydrogens (primary N) is 1. The third kappa shape index (κ3) is 8.35. The van der Waals surface area contributed by atoms with Gasteiger partial charge in [0.1, 0.15) is 0 Å². The molecule has 4 aromatic carbocycles. The van der Waals surface area contributed by atoms with Gasteiger partial charge in [0.15, 0.2) is 0 Å². The maximum atomic E-state index is 12.7. The second kappa shape index (κ2) is 14.0. The van der Waals surface area contributed by atoms with Gasteiger partial charge < -0.3 is 21.7 Å². The zero-order chi connectivity index (χ0) is 29.2. The Kier molecular flexibility index (Phi) is 9.99. The summed E-state index contributed by atoms with van der Waals surface area (Å²) in [5.74, 6) is -0.894. The van der Waals surface area contributed by atoms with Crippen molar-refractivity contribution in [2.24, 2.45) is 5.73 Å². The highest BCUT2D eigenvalue weighted by molar-refractivity contribution is 6.67. The first-order valence-electron chi connectivity index (χ1n) is 12.9. The molecule has 208 valence electrons. The Bertz CT molecular complexity index is 1550. The Morgan fingerprint density at radius 1 is 0.512 bits per heavy atom. The fourth-order valence-electron chi connectivity index (χ4n) is 4.01. The molecule has 0 saturated carbocycles. The second-order valence-electron chi connectivity index (χ2n) is 9.32. The number of carbonyl (C=O) groups excluding carboxylic acids is 4. The number of amides is 3. The van der Waals surface area contributed by atoms with Crippen molar-refractivity contribution in [2.75, 3.05) is 0 Å². The predicted octanol–water partition coefficient (Wildman–Crippen LogP) is 4.31. The Labute approximate surface area is 242 Å². The summed E-state index contributed by atoms with van der Waals surface area (Å²) >= 11 is 5.49. The topological polar surface area (TPSA) is 130 Å². The number of halogens is 1. The maximum Gasteiger partial charge on any atom is 0.252 e. The molecular formula is C32H29ClN4O4. The van der Waals surface area contributed by atoms with Crippen molar-refractivity contribution in [1.82, 2.24) is 16.0 Å². The van der Waals surface area contributed by atoms with Crippen LogP contribution in [0.5, 0.6) is 0 Å². The minimum absolute atomic E-state index is 0.255. The molecule has 0 saturated heterocycles. The summed E-state index contributed by atoms with van der Waals surface area (Å²) in [7, 11) is 0. The van der Waals surface area contributed by atoms with Crippen LogP contribution < -0.4 is 21.7 Å². The smallest absolute Gasteiger partial charge is 0.252 e. The molecule has 5 N–H and O–H groups in total. The fourth-order valence-corrected chi connectivity index (χ4v) is 4.12. The van der Waals surface area contributed by atoms with Gasteiger partial charge in [-0.05, 0) is 64.2 Å². The molecule has 0 heterocycles. The zero-order valence-corrected chi connectivity index (χ0v) is 22.9. The van der Waals surface area contributed by atoms with E-state index in [-0.39, 0.29) is 23.3 Å². The lowest BCUT2D eigenvalue weighted by molar-refractivity contribution is 0.0939. The first-order valence-corrected chi connectivity index (χ1v) is 13.3. The Morgan fingerprint density at radius 2 is 0.829 bits per heavy atom. The molecule has 0 spiro atoms. The number of hydrogen-bond acceptors (Lipinski definition) is 5. The van der Waals surface area contributed by atoms with Gasteiger partial charge in [-0.3, -0.25) is 19.2 Å². The van der Waals surface area contributed by atoms with Gasteiger partial charge >= 0.3 is 0 Å². The first kappa shape index (κ1) is 29.2. The number of rotatable bonds is 11. The van der Waals surface area contributed by atoms with Crippen LogP contribution in [0.4, 0.5) is 0 Å². The lowest BCUT2D eigenvalue weighted by Crippen LogP contribution is -2.25. The van der Waals surface area contributed by atoms with E-state index in [1.807, 2.05) is 48.5 Å². The van der Waals surface area contributed by atoms with Crippen LogP contribution >= 0.6 is 11.6 Å². The van der Waals surface area contributed by atoms with Crippen LogP contribution in [-0.4, -0.2) is 23.0 Å². The van der Waals surface area contributed by atoms with E-state index in [2.05, 4.69) is 16.0 Å². The van der Waals surface area contributed by atoms with Crippen molar-refractivity contribution in [2.45, 2.75) is 26.2 Å². The molecule has 9 heteroatoms. The van der Waals surface area contributed by atoms with Gasteiger partial charge in [-0.25, -0.2) is 0 Å². The van der Waals surface area contributed by atoms with Crippen molar-refractivity contribution in [1.29, 1.82) is 0 Å². The van der Waals surface area contributed by atoms with E-state index in [9.17, 15) is 19.2 Å². The number of carbonyl (C=O) groups is 4. The Hall–Kier alpha value is -4.79. The van der Waals surface area contributed by atoms with Crippen LogP contribution in [0, 0.1) is 0 Å². The molecule has 0 unspecified atom stereocenters. The highest BCUT2D eigenvalue weighted by Crippen LogP contribution is 2.11. The first-order chi connectivity index (χ1) is 19.8. The zero-order valence-electron chi connectivity index (χ0n) is 22.2. The van der Waals surface area contributed by atoms with Crippen molar-refractivity contribution < 1.29 is 19.2 Å². The van der Waals surface area contributed by atoms with Crippen molar-refractivity contribution in [3.05, 3.63) is 142 Å². The fraction of sp³-hybridized carbons (Fsp3) is 0.125. The minimum Gasteiger partial charge on any atom is -0.348 e. The standard InChI is InChI=1S/C32H29ClN4O4/c33-29(38)25-3-1-4-26(15-25)30(39)35-19-23-11-13-24(14-12-23)20-37-32(41)28-6-2-5-27(16-28)31(40)36-18-22-9-7-21(17-34)8-10-22/h1-16H,17-20,34H2,(H,35,39)(H,36,40)(H,37,41). The van der Waals surface area contributed by atoms with E-state index in [4.69, 9.17) is 17.3 Å². The van der Waals surface area contributed by atoms with E-state index in [1.165, 1.54) is 6.07 Å². The SMILES string of the molecule is NCc1ccc(CNC(=O)c2cccc(C(=O)NCc3ccc(CNC(=O)c4cccc(C(=O)Cl)c4)cc3)c2)cc1. The van der Waals surface area contributed by atoms with E-state index in [0.29, 0.717) is 42.9 Å². The van der Waals surface area contributed by atoms with Gasteiger partial charge in [0.2, 0.25) is 0 Å². The molecule has 3 amide bonds. The molecule has 4 rings (SSSR count). The van der Waals surface area contributed by atoms with Gasteiger partial charge in [-0.2, -0.15) is 0 Å². The van der Waals surface area contributed by atoms with E-state index in [1.54, 1.807) is 42.5 Å². The third-order valence-corrected chi connectivity index (χ3v) is 6.60. The van der Waals surface area contributed by atoms with Crippen LogP contribution in [0.25, 0.3) is 0 Å². The molecule has 41 heavy (non-hydrogen) atoms. The summed E-state index contributed by atoms with van der Waals surface area (Å²) in [6, 6.07) is 27.9. The summed E-state index contributed by atoms with van der Waals surface area (Å²) in [4.78, 5) is 49.1. The van der Waals surface area contributed by atoms with E-state index < -0.39 is 5.24 Å². The average Bonchev–Trinajstić information content (AvgIpc) is 3.02. The summed E-state index contributed by atoms with van der Waals surface area (Å²) in [5.41, 5.74) is 10.7. The molecular weight excluding hydrogens is 540 g/mol. The molecule has 4 aromatic rings. The Balaban J connectivity index is 1.26. The summed E-state index contributed by atoms with van der Waals surface area (Å²) < 4.78 is 0. The molecule has 8 nitrogen and oxygen atoms in total. The summed E-state index contributed by atoms with van der Waals surface area (Å²) in [5, 5.41) is 7.92. The predicted molar refractivity (Wildman–Crippen MR) is 157 cm³/mol. The third-order valence-electron chi connectivity index (χ3n) is 6.38. The summed E-state index contributed by atoms with van der Waals surface area (Å²) in [6.45, 7) is 1.41. The van der Waals surface area contributed by atoms with Gasteiger partial charge in [-0.15, -0.1) is 0 Å². The van der Waals surface area contributed by atoms with Gasteiger partial charge in [-0.1, -0.05) is 66.7 Å². The van der Waals surface area contributed by atoms with Gasteiger partial charge in [0, 0.05) is 48.4 Å². The molecule has 0 radical (unpaired) electrons. The van der Waals surface area contributed by atoms with Crippen molar-refractivity contribution in [3.8, 4) is 0 Å². The van der Waals surface area contributed by atoms with E-state index in [0.717, 1.165) is 22.3 Å². The van der Waals surface area contributed by atoms with Crippen LogP contribution in [0.15, 0.2) is 97.1 Å². The van der Waals surface area contributed by atoms with Gasteiger partial charge in [0.25, 0.3) is 23.0 Å². The Morgan fingerprint density at radius 3 is 1.17 bits per heavy atom. The molecule has 0 aromatic heterocycles. The lowest BCUT2D eigenvalue weighted by atomic mass is 10.1. The summed E-state index contributed by atoms with van der Waals surface area (Å²) in [6.07, 6.45) is 0. The number of hydrogen-bond donors (Lipinski definition) is 4. The normalized spacial score (nSPS) is 10.5. The highest BCUT2D eigenvalue weighted by atomic mass is 35.5. The molecule has 0 atom stereocenters. The highest BCUT2D eigenvalue weighted by Gasteiger charge is 2.12. The quantitative estimate of drug-likeness (QED) is 0.200. The van der Waals surface area contributed by atoms with Crippen LogP contribution in [0.3, 0.4) is 0 Å².